The molecule has 0 atom stereocenters. The molecule has 0 saturated carbocycles. The van der Waals surface area contributed by atoms with Crippen LogP contribution in [0.5, 0.6) is 0 Å². The Bertz CT molecular complexity index is 640. The van der Waals surface area contributed by atoms with Crippen molar-refractivity contribution in [2.24, 2.45) is 10.7 Å². The number of hydrogen-bond donors (Lipinski definition) is 3. The molecular formula is C12H16N4O3S. The van der Waals surface area contributed by atoms with E-state index in [0.717, 1.165) is 0 Å². The van der Waals surface area contributed by atoms with Gasteiger partial charge in [0.05, 0.1) is 4.90 Å². The summed E-state index contributed by atoms with van der Waals surface area (Å²) in [5, 5.41) is 2.65. The molecule has 2 rings (SSSR count). The molecule has 0 saturated heterocycles. The molecule has 0 bridgehead atoms. The zero-order valence-corrected chi connectivity index (χ0v) is 11.6. The molecule has 1 amide bonds. The molecule has 7 nitrogen and oxygen atoms in total. The summed E-state index contributed by atoms with van der Waals surface area (Å²) in [4.78, 5) is 15.7. The number of carbonyl (C=O) groups is 1. The lowest BCUT2D eigenvalue weighted by Crippen LogP contribution is -2.29. The Morgan fingerprint density at radius 3 is 2.85 bits per heavy atom. The van der Waals surface area contributed by atoms with Crippen LogP contribution in [0.4, 0.5) is 0 Å². The van der Waals surface area contributed by atoms with E-state index in [4.69, 9.17) is 5.73 Å². The monoisotopic (exact) mass is 296 g/mol. The summed E-state index contributed by atoms with van der Waals surface area (Å²) in [6.07, 6.45) is 0.692. The van der Waals surface area contributed by atoms with Crippen molar-refractivity contribution in [2.75, 3.05) is 19.6 Å². The van der Waals surface area contributed by atoms with Crippen LogP contribution >= 0.6 is 0 Å². The minimum Gasteiger partial charge on any atom is -0.354 e. The summed E-state index contributed by atoms with van der Waals surface area (Å²) >= 11 is 0. The smallest absolute Gasteiger partial charge is 0.263 e. The van der Waals surface area contributed by atoms with Crippen LogP contribution in [-0.4, -0.2) is 39.8 Å². The molecule has 0 fully saturated rings. The lowest BCUT2D eigenvalue weighted by Gasteiger charge is -2.02. The minimum absolute atomic E-state index is 0.128. The molecule has 1 aliphatic rings. The Balaban J connectivity index is 2.08. The van der Waals surface area contributed by atoms with Crippen molar-refractivity contribution < 1.29 is 13.2 Å². The van der Waals surface area contributed by atoms with Crippen LogP contribution in [0.25, 0.3) is 0 Å². The number of nitrogens with one attached hydrogen (secondary N) is 2. The van der Waals surface area contributed by atoms with Gasteiger partial charge < -0.3 is 11.1 Å². The molecule has 0 spiro atoms. The summed E-state index contributed by atoms with van der Waals surface area (Å²) in [5.41, 5.74) is 5.80. The van der Waals surface area contributed by atoms with Crippen molar-refractivity contribution in [3.05, 3.63) is 29.8 Å². The van der Waals surface area contributed by atoms with Gasteiger partial charge in [0.25, 0.3) is 10.0 Å². The van der Waals surface area contributed by atoms with Gasteiger partial charge in [0.1, 0.15) is 12.4 Å². The Hall–Kier alpha value is -1.93. The van der Waals surface area contributed by atoms with Crippen molar-refractivity contribution in [3.63, 3.8) is 0 Å². The van der Waals surface area contributed by atoms with Gasteiger partial charge >= 0.3 is 0 Å². The average Bonchev–Trinajstić information content (AvgIpc) is 2.69. The summed E-state index contributed by atoms with van der Waals surface area (Å²) < 4.78 is 26.0. The third-order valence-electron chi connectivity index (χ3n) is 2.75. The number of nitrogens with two attached hydrogens (primary N) is 1. The number of fused-ring (bicyclic) bond motifs is 1. The predicted molar refractivity (Wildman–Crippen MR) is 74.8 cm³/mol. The highest BCUT2D eigenvalue weighted by molar-refractivity contribution is 7.90. The highest BCUT2D eigenvalue weighted by Crippen LogP contribution is 2.21. The van der Waals surface area contributed by atoms with Gasteiger partial charge in [0.2, 0.25) is 5.91 Å². The third-order valence-corrected chi connectivity index (χ3v) is 4.14. The van der Waals surface area contributed by atoms with Crippen LogP contribution in [0.1, 0.15) is 12.0 Å². The van der Waals surface area contributed by atoms with Crippen molar-refractivity contribution >= 4 is 21.8 Å². The molecule has 0 aromatic heterocycles. The molecule has 20 heavy (non-hydrogen) atoms. The normalized spacial score (nSPS) is 17.6. The zero-order chi connectivity index (χ0) is 14.6. The molecule has 0 radical (unpaired) electrons. The fourth-order valence-corrected chi connectivity index (χ4v) is 3.04. The van der Waals surface area contributed by atoms with Gasteiger partial charge in [0, 0.05) is 12.1 Å². The zero-order valence-electron chi connectivity index (χ0n) is 10.8. The predicted octanol–water partition coefficient (Wildman–Crippen LogP) is -0.810. The lowest BCUT2D eigenvalue weighted by molar-refractivity contribution is -0.119. The molecule has 0 aliphatic carbocycles. The second-order valence-electron chi connectivity index (χ2n) is 4.26. The molecular weight excluding hydrogens is 280 g/mol. The van der Waals surface area contributed by atoms with Gasteiger partial charge in [-0.1, -0.05) is 12.1 Å². The Labute approximate surface area is 117 Å². The van der Waals surface area contributed by atoms with Crippen molar-refractivity contribution in [2.45, 2.75) is 11.3 Å². The maximum Gasteiger partial charge on any atom is 0.263 e. The standard InChI is InChI=1S/C12H16N4O3S/c13-6-3-7-14-11(17)8-15-12-9-4-1-2-5-10(9)20(18,19)16-12/h1-2,4-5H,3,6-8,13H2,(H,14,17)(H,15,16). The number of aliphatic imine (C=N–C) groups is 1. The number of rotatable bonds is 5. The minimum atomic E-state index is -3.55. The molecule has 1 aromatic carbocycles. The van der Waals surface area contributed by atoms with Crippen molar-refractivity contribution in [1.29, 1.82) is 0 Å². The molecule has 108 valence electrons. The molecule has 1 aliphatic heterocycles. The third kappa shape index (κ3) is 3.14. The summed E-state index contributed by atoms with van der Waals surface area (Å²) in [5.74, 6) is -0.0656. The number of hydrogen-bond acceptors (Lipinski definition) is 5. The van der Waals surface area contributed by atoms with E-state index < -0.39 is 10.0 Å². The average molecular weight is 296 g/mol. The quantitative estimate of drug-likeness (QED) is 0.617. The maximum absolute atomic E-state index is 11.8. The van der Waals surface area contributed by atoms with E-state index in [1.54, 1.807) is 18.2 Å². The van der Waals surface area contributed by atoms with E-state index in [9.17, 15) is 13.2 Å². The number of sulfonamides is 1. The first-order valence-electron chi connectivity index (χ1n) is 6.18. The van der Waals surface area contributed by atoms with Gasteiger partial charge in [-0.05, 0) is 25.1 Å². The first-order chi connectivity index (χ1) is 9.54. The number of nitrogens with zero attached hydrogens (tertiary/aromatic N) is 1. The molecule has 0 unspecified atom stereocenters. The SMILES string of the molecule is NCCCNC(=O)CN=C1NS(=O)(=O)c2ccccc21. The Morgan fingerprint density at radius 1 is 1.35 bits per heavy atom. The first-order valence-corrected chi connectivity index (χ1v) is 7.66. The Morgan fingerprint density at radius 2 is 2.10 bits per heavy atom. The van der Waals surface area contributed by atoms with E-state index in [-0.39, 0.29) is 23.2 Å². The largest absolute Gasteiger partial charge is 0.354 e. The van der Waals surface area contributed by atoms with Gasteiger partial charge in [-0.2, -0.15) is 0 Å². The Kier molecular flexibility index (Phi) is 4.35. The number of carbonyl (C=O) groups excluding carboxylic acids is 1. The van der Waals surface area contributed by atoms with Crippen LogP contribution in [0, 0.1) is 0 Å². The summed E-state index contributed by atoms with van der Waals surface area (Å²) in [7, 11) is -3.55. The van der Waals surface area contributed by atoms with Gasteiger partial charge in [-0.25, -0.2) is 8.42 Å². The van der Waals surface area contributed by atoms with Crippen LogP contribution in [0.15, 0.2) is 34.2 Å². The topological polar surface area (TPSA) is 114 Å². The summed E-state index contributed by atoms with van der Waals surface area (Å²) in [6, 6.07) is 6.51. The van der Waals surface area contributed by atoms with E-state index in [2.05, 4.69) is 15.0 Å². The second kappa shape index (κ2) is 6.02. The van der Waals surface area contributed by atoms with Crippen molar-refractivity contribution in [3.8, 4) is 0 Å². The van der Waals surface area contributed by atoms with Crippen LogP contribution in [0.2, 0.25) is 0 Å². The van der Waals surface area contributed by atoms with Crippen LogP contribution < -0.4 is 15.8 Å². The van der Waals surface area contributed by atoms with Gasteiger partial charge in [-0.15, -0.1) is 0 Å². The first kappa shape index (κ1) is 14.5. The van der Waals surface area contributed by atoms with E-state index in [1.807, 2.05) is 0 Å². The van der Waals surface area contributed by atoms with E-state index in [1.165, 1.54) is 6.07 Å². The second-order valence-corrected chi connectivity index (χ2v) is 5.91. The number of amides is 1. The van der Waals surface area contributed by atoms with Crippen molar-refractivity contribution in [1.82, 2.24) is 10.0 Å². The van der Waals surface area contributed by atoms with Crippen LogP contribution in [-0.2, 0) is 14.8 Å². The molecule has 1 heterocycles. The van der Waals surface area contributed by atoms with Gasteiger partial charge in [0.15, 0.2) is 0 Å². The van der Waals surface area contributed by atoms with Crippen LogP contribution in [0.3, 0.4) is 0 Å². The molecule has 8 heteroatoms. The maximum atomic E-state index is 11.8. The molecule has 4 N–H and O–H groups in total. The fourth-order valence-electron chi connectivity index (χ4n) is 1.79. The summed E-state index contributed by atoms with van der Waals surface area (Å²) in [6.45, 7) is 0.862. The van der Waals surface area contributed by atoms with Gasteiger partial charge in [-0.3, -0.25) is 14.5 Å². The lowest BCUT2D eigenvalue weighted by atomic mass is 10.2. The van der Waals surface area contributed by atoms with E-state index in [0.29, 0.717) is 25.1 Å². The number of benzene rings is 1. The fraction of sp³-hybridized carbons (Fsp3) is 0.333. The highest BCUT2D eigenvalue weighted by Gasteiger charge is 2.30. The highest BCUT2D eigenvalue weighted by atomic mass is 32.2. The molecule has 1 aromatic rings. The van der Waals surface area contributed by atoms with E-state index >= 15 is 0 Å². The number of amidine groups is 1.